The Kier molecular flexibility index (Phi) is 4.51. The molecule has 130 valence electrons. The second-order valence-corrected chi connectivity index (χ2v) is 5.82. The molecule has 1 aliphatic rings. The first kappa shape index (κ1) is 16.7. The maximum absolute atomic E-state index is 11.4. The van der Waals surface area contributed by atoms with Crippen LogP contribution in [0.25, 0.3) is 0 Å². The molecule has 25 heavy (non-hydrogen) atoms. The number of hydrogen-bond acceptors (Lipinski definition) is 6. The molecule has 8 heteroatoms. The number of non-ortho nitro benzene ring substituents is 1. The summed E-state index contributed by atoms with van der Waals surface area (Å²) in [5.74, 6) is 0.725. The molecule has 0 unspecified atom stereocenters. The summed E-state index contributed by atoms with van der Waals surface area (Å²) in [6.45, 7) is 0.653. The van der Waals surface area contributed by atoms with Gasteiger partial charge in [-0.25, -0.2) is 0 Å². The lowest BCUT2D eigenvalue weighted by molar-refractivity contribution is -0.393. The number of benzene rings is 2. The lowest BCUT2D eigenvalue weighted by Gasteiger charge is -2.27. The highest BCUT2D eigenvalue weighted by molar-refractivity contribution is 5.68. The first-order valence-electron chi connectivity index (χ1n) is 7.84. The van der Waals surface area contributed by atoms with Crippen LogP contribution in [0.15, 0.2) is 42.5 Å². The molecule has 1 fully saturated rings. The first-order chi connectivity index (χ1) is 12.0. The Morgan fingerprint density at radius 2 is 1.92 bits per heavy atom. The van der Waals surface area contributed by atoms with E-state index in [-0.39, 0.29) is 17.4 Å². The second kappa shape index (κ2) is 6.76. The van der Waals surface area contributed by atoms with E-state index in [1.165, 1.54) is 12.1 Å². The van der Waals surface area contributed by atoms with Crippen molar-refractivity contribution in [1.82, 2.24) is 0 Å². The summed E-state index contributed by atoms with van der Waals surface area (Å²) in [5, 5.41) is 22.4. The zero-order chi connectivity index (χ0) is 18.0. The SMILES string of the molecule is COc1cccc([C@H]2CCCN2c2ccc([N+](=O)[O-])cc2[N+](=O)[O-])c1. The molecular formula is C17H17N3O5. The number of nitro benzene ring substituents is 2. The van der Waals surface area contributed by atoms with Gasteiger partial charge in [0, 0.05) is 12.6 Å². The van der Waals surface area contributed by atoms with Crippen LogP contribution in [-0.4, -0.2) is 23.5 Å². The van der Waals surface area contributed by atoms with Crippen molar-refractivity contribution in [1.29, 1.82) is 0 Å². The van der Waals surface area contributed by atoms with Crippen LogP contribution in [0.5, 0.6) is 5.75 Å². The molecule has 2 aromatic carbocycles. The first-order valence-corrected chi connectivity index (χ1v) is 7.84. The number of hydrogen-bond donors (Lipinski definition) is 0. The third kappa shape index (κ3) is 3.23. The topological polar surface area (TPSA) is 98.8 Å². The molecule has 0 aromatic heterocycles. The van der Waals surface area contributed by atoms with Gasteiger partial charge in [-0.15, -0.1) is 0 Å². The van der Waals surface area contributed by atoms with Crippen LogP contribution in [-0.2, 0) is 0 Å². The summed E-state index contributed by atoms with van der Waals surface area (Å²) >= 11 is 0. The van der Waals surface area contributed by atoms with Crippen LogP contribution in [0.1, 0.15) is 24.4 Å². The van der Waals surface area contributed by atoms with Gasteiger partial charge < -0.3 is 9.64 Å². The summed E-state index contributed by atoms with van der Waals surface area (Å²) in [5.41, 5.74) is 0.877. The monoisotopic (exact) mass is 343 g/mol. The smallest absolute Gasteiger partial charge is 0.299 e. The van der Waals surface area contributed by atoms with Crippen molar-refractivity contribution in [2.45, 2.75) is 18.9 Å². The summed E-state index contributed by atoms with van der Waals surface area (Å²) in [7, 11) is 1.59. The molecule has 0 radical (unpaired) electrons. The molecule has 0 amide bonds. The van der Waals surface area contributed by atoms with E-state index in [1.54, 1.807) is 7.11 Å². The van der Waals surface area contributed by atoms with Gasteiger partial charge in [-0.05, 0) is 36.6 Å². The predicted molar refractivity (Wildman–Crippen MR) is 92.1 cm³/mol. The van der Waals surface area contributed by atoms with E-state index < -0.39 is 9.85 Å². The van der Waals surface area contributed by atoms with Gasteiger partial charge in [0.15, 0.2) is 0 Å². The maximum atomic E-state index is 11.4. The zero-order valence-corrected chi connectivity index (χ0v) is 13.6. The Hall–Kier alpha value is -3.16. The largest absolute Gasteiger partial charge is 0.497 e. The summed E-state index contributed by atoms with van der Waals surface area (Å²) in [6.07, 6.45) is 1.73. The second-order valence-electron chi connectivity index (χ2n) is 5.82. The predicted octanol–water partition coefficient (Wildman–Crippen LogP) is 3.85. The summed E-state index contributed by atoms with van der Waals surface area (Å²) in [4.78, 5) is 23.1. The average Bonchev–Trinajstić information content (AvgIpc) is 3.10. The van der Waals surface area contributed by atoms with Gasteiger partial charge in [-0.2, -0.15) is 0 Å². The fourth-order valence-electron chi connectivity index (χ4n) is 3.26. The van der Waals surface area contributed by atoms with Crippen molar-refractivity contribution in [2.24, 2.45) is 0 Å². The summed E-state index contributed by atoms with van der Waals surface area (Å²) in [6, 6.07) is 11.4. The fourth-order valence-corrected chi connectivity index (χ4v) is 3.26. The van der Waals surface area contributed by atoms with Crippen LogP contribution in [0.2, 0.25) is 0 Å². The van der Waals surface area contributed by atoms with E-state index in [1.807, 2.05) is 29.2 Å². The highest BCUT2D eigenvalue weighted by Gasteiger charge is 2.32. The number of methoxy groups -OCH3 is 1. The summed E-state index contributed by atoms with van der Waals surface area (Å²) < 4.78 is 5.26. The molecular weight excluding hydrogens is 326 g/mol. The number of nitrogens with zero attached hydrogens (tertiary/aromatic N) is 3. The van der Waals surface area contributed by atoms with Gasteiger partial charge in [0.1, 0.15) is 11.4 Å². The molecule has 0 saturated carbocycles. The molecule has 1 atom stereocenters. The fraction of sp³-hybridized carbons (Fsp3) is 0.294. The standard InChI is InChI=1S/C17H17N3O5/c1-25-14-5-2-4-12(10-14)15-6-3-9-18(15)16-8-7-13(19(21)22)11-17(16)20(23)24/h2,4-5,7-8,10-11,15H,3,6,9H2,1H3/t15-/m1/s1. The van der Waals surface area contributed by atoms with Crippen LogP contribution >= 0.6 is 0 Å². The van der Waals surface area contributed by atoms with Gasteiger partial charge in [-0.1, -0.05) is 12.1 Å². The van der Waals surface area contributed by atoms with Crippen molar-refractivity contribution < 1.29 is 14.6 Å². The molecule has 8 nitrogen and oxygen atoms in total. The van der Waals surface area contributed by atoms with Gasteiger partial charge in [0.05, 0.1) is 29.1 Å². The van der Waals surface area contributed by atoms with E-state index in [2.05, 4.69) is 0 Å². The third-order valence-corrected chi connectivity index (χ3v) is 4.41. The van der Waals surface area contributed by atoms with Crippen molar-refractivity contribution in [2.75, 3.05) is 18.6 Å². The number of ether oxygens (including phenoxy) is 1. The van der Waals surface area contributed by atoms with E-state index in [0.29, 0.717) is 12.2 Å². The number of nitro groups is 2. The molecule has 0 spiro atoms. The Morgan fingerprint density at radius 1 is 1.12 bits per heavy atom. The number of anilines is 1. The minimum atomic E-state index is -0.625. The molecule has 1 saturated heterocycles. The Bertz CT molecular complexity index is 824. The Morgan fingerprint density at radius 3 is 2.60 bits per heavy atom. The minimum Gasteiger partial charge on any atom is -0.497 e. The molecule has 2 aromatic rings. The molecule has 0 aliphatic carbocycles. The van der Waals surface area contributed by atoms with Crippen molar-refractivity contribution in [3.63, 3.8) is 0 Å². The molecule has 1 aliphatic heterocycles. The Labute approximate surface area is 143 Å². The molecule has 1 heterocycles. The highest BCUT2D eigenvalue weighted by Crippen LogP contribution is 2.42. The third-order valence-electron chi connectivity index (χ3n) is 4.41. The molecule has 0 N–H and O–H groups in total. The van der Waals surface area contributed by atoms with Gasteiger partial charge in [0.2, 0.25) is 0 Å². The van der Waals surface area contributed by atoms with Crippen molar-refractivity contribution in [3.8, 4) is 5.75 Å². The van der Waals surface area contributed by atoms with E-state index in [9.17, 15) is 20.2 Å². The number of rotatable bonds is 5. The van der Waals surface area contributed by atoms with E-state index >= 15 is 0 Å². The maximum Gasteiger partial charge on any atom is 0.299 e. The van der Waals surface area contributed by atoms with Crippen LogP contribution in [0, 0.1) is 20.2 Å². The van der Waals surface area contributed by atoms with Gasteiger partial charge in [0.25, 0.3) is 11.4 Å². The van der Waals surface area contributed by atoms with Gasteiger partial charge in [-0.3, -0.25) is 20.2 Å². The highest BCUT2D eigenvalue weighted by atomic mass is 16.6. The lowest BCUT2D eigenvalue weighted by atomic mass is 10.0. The lowest BCUT2D eigenvalue weighted by Crippen LogP contribution is -2.23. The molecule has 3 rings (SSSR count). The average molecular weight is 343 g/mol. The van der Waals surface area contributed by atoms with Crippen LogP contribution in [0.3, 0.4) is 0 Å². The van der Waals surface area contributed by atoms with Gasteiger partial charge >= 0.3 is 0 Å². The van der Waals surface area contributed by atoms with E-state index in [4.69, 9.17) is 4.74 Å². The van der Waals surface area contributed by atoms with Crippen molar-refractivity contribution in [3.05, 3.63) is 68.3 Å². The minimum absolute atomic E-state index is 0.0322. The quantitative estimate of drug-likeness (QED) is 0.604. The normalized spacial score (nSPS) is 16.7. The van der Waals surface area contributed by atoms with Crippen molar-refractivity contribution >= 4 is 17.1 Å². The van der Waals surface area contributed by atoms with Crippen LogP contribution in [0.4, 0.5) is 17.1 Å². The molecule has 0 bridgehead atoms. The van der Waals surface area contributed by atoms with Crippen LogP contribution < -0.4 is 9.64 Å². The Balaban J connectivity index is 2.02. The van der Waals surface area contributed by atoms with E-state index in [0.717, 1.165) is 30.2 Å². The zero-order valence-electron chi connectivity index (χ0n) is 13.6.